The average Bonchev–Trinajstić information content (AvgIpc) is 1.85. The van der Waals surface area contributed by atoms with Gasteiger partial charge in [0, 0.05) is 13.2 Å². The van der Waals surface area contributed by atoms with E-state index >= 15 is 0 Å². The molecule has 0 saturated carbocycles. The number of hydrogen-bond acceptors (Lipinski definition) is 2. The standard InChI is InChI=1S/C7H17NO.ClH/c1-3-9-6-7(2)4-5-8;/h7H,3-6,8H2,1-2H3;1H. The summed E-state index contributed by atoms with van der Waals surface area (Å²) in [6, 6.07) is 0. The summed E-state index contributed by atoms with van der Waals surface area (Å²) in [5.74, 6) is 0.620. The van der Waals surface area contributed by atoms with E-state index < -0.39 is 0 Å². The highest BCUT2D eigenvalue weighted by Crippen LogP contribution is 1.99. The molecule has 0 aliphatic heterocycles. The zero-order chi connectivity index (χ0) is 7.11. The van der Waals surface area contributed by atoms with Gasteiger partial charge in [0.1, 0.15) is 0 Å². The van der Waals surface area contributed by atoms with Gasteiger partial charge in [0.05, 0.1) is 0 Å². The van der Waals surface area contributed by atoms with Gasteiger partial charge in [0.15, 0.2) is 0 Å². The molecule has 1 atom stereocenters. The quantitative estimate of drug-likeness (QED) is 0.673. The van der Waals surface area contributed by atoms with Crippen LogP contribution in [0.3, 0.4) is 0 Å². The van der Waals surface area contributed by atoms with Crippen molar-refractivity contribution in [3.8, 4) is 0 Å². The third-order valence-corrected chi connectivity index (χ3v) is 1.27. The van der Waals surface area contributed by atoms with Crippen molar-refractivity contribution in [3.05, 3.63) is 0 Å². The number of ether oxygens (including phenoxy) is 1. The Morgan fingerprint density at radius 1 is 1.50 bits per heavy atom. The molecule has 2 nitrogen and oxygen atoms in total. The summed E-state index contributed by atoms with van der Waals surface area (Å²) in [5, 5.41) is 0. The topological polar surface area (TPSA) is 35.2 Å². The minimum Gasteiger partial charge on any atom is -0.381 e. The van der Waals surface area contributed by atoms with E-state index in [2.05, 4.69) is 6.92 Å². The Labute approximate surface area is 69.5 Å². The maximum atomic E-state index is 5.35. The second kappa shape index (κ2) is 9.21. The van der Waals surface area contributed by atoms with E-state index in [0.29, 0.717) is 5.92 Å². The minimum atomic E-state index is 0. The highest BCUT2D eigenvalue weighted by molar-refractivity contribution is 5.85. The lowest BCUT2D eigenvalue weighted by Gasteiger charge is -2.08. The van der Waals surface area contributed by atoms with Crippen LogP contribution < -0.4 is 5.73 Å². The average molecular weight is 168 g/mol. The summed E-state index contributed by atoms with van der Waals surface area (Å²) < 4.78 is 5.19. The van der Waals surface area contributed by atoms with Crippen LogP contribution in [0.4, 0.5) is 0 Å². The van der Waals surface area contributed by atoms with E-state index in [-0.39, 0.29) is 12.4 Å². The maximum Gasteiger partial charge on any atom is 0.0491 e. The largest absolute Gasteiger partial charge is 0.381 e. The molecule has 10 heavy (non-hydrogen) atoms. The van der Waals surface area contributed by atoms with Crippen LogP contribution >= 0.6 is 12.4 Å². The van der Waals surface area contributed by atoms with Crippen LogP contribution in [-0.2, 0) is 4.74 Å². The van der Waals surface area contributed by atoms with Crippen LogP contribution in [-0.4, -0.2) is 19.8 Å². The van der Waals surface area contributed by atoms with Crippen molar-refractivity contribution in [1.29, 1.82) is 0 Å². The van der Waals surface area contributed by atoms with Crippen molar-refractivity contribution in [3.63, 3.8) is 0 Å². The third-order valence-electron chi connectivity index (χ3n) is 1.27. The van der Waals surface area contributed by atoms with E-state index in [9.17, 15) is 0 Å². The van der Waals surface area contributed by atoms with Crippen molar-refractivity contribution in [1.82, 2.24) is 0 Å². The SMILES string of the molecule is CCOCC(C)CCN.Cl. The normalized spacial score (nSPS) is 12.3. The van der Waals surface area contributed by atoms with E-state index in [1.165, 1.54) is 0 Å². The van der Waals surface area contributed by atoms with Crippen LogP contribution in [0.25, 0.3) is 0 Å². The number of halogens is 1. The van der Waals surface area contributed by atoms with Gasteiger partial charge >= 0.3 is 0 Å². The van der Waals surface area contributed by atoms with E-state index in [0.717, 1.165) is 26.2 Å². The Morgan fingerprint density at radius 2 is 2.10 bits per heavy atom. The number of hydrogen-bond donors (Lipinski definition) is 1. The Bertz CT molecular complexity index is 61.6. The molecule has 0 spiro atoms. The van der Waals surface area contributed by atoms with Gasteiger partial charge < -0.3 is 10.5 Å². The summed E-state index contributed by atoms with van der Waals surface area (Å²) in [5.41, 5.74) is 5.35. The lowest BCUT2D eigenvalue weighted by atomic mass is 10.1. The summed E-state index contributed by atoms with van der Waals surface area (Å²) in [4.78, 5) is 0. The highest BCUT2D eigenvalue weighted by Gasteiger charge is 1.97. The van der Waals surface area contributed by atoms with Gasteiger partial charge in [0.25, 0.3) is 0 Å². The zero-order valence-electron chi connectivity index (χ0n) is 6.80. The van der Waals surface area contributed by atoms with E-state index in [1.54, 1.807) is 0 Å². The molecule has 0 fully saturated rings. The van der Waals surface area contributed by atoms with Gasteiger partial charge in [-0.2, -0.15) is 0 Å². The predicted molar refractivity (Wildman–Crippen MR) is 46.6 cm³/mol. The van der Waals surface area contributed by atoms with E-state index in [4.69, 9.17) is 10.5 Å². The Hall–Kier alpha value is 0.210. The predicted octanol–water partition coefficient (Wildman–Crippen LogP) is 1.43. The molecule has 0 aromatic carbocycles. The molecule has 0 radical (unpaired) electrons. The van der Waals surface area contributed by atoms with E-state index in [1.807, 2.05) is 6.92 Å². The first kappa shape index (κ1) is 12.8. The molecule has 0 rings (SSSR count). The Morgan fingerprint density at radius 3 is 2.50 bits per heavy atom. The fourth-order valence-electron chi connectivity index (χ4n) is 0.687. The first-order valence-electron chi connectivity index (χ1n) is 3.59. The molecule has 3 heteroatoms. The smallest absolute Gasteiger partial charge is 0.0491 e. The van der Waals surface area contributed by atoms with Crippen LogP contribution in [0.2, 0.25) is 0 Å². The monoisotopic (exact) mass is 167 g/mol. The number of nitrogens with two attached hydrogens (primary N) is 1. The van der Waals surface area contributed by atoms with Gasteiger partial charge in [0.2, 0.25) is 0 Å². The summed E-state index contributed by atoms with van der Waals surface area (Å²) in [7, 11) is 0. The van der Waals surface area contributed by atoms with Crippen molar-refractivity contribution < 1.29 is 4.74 Å². The van der Waals surface area contributed by atoms with Gasteiger partial charge in [-0.3, -0.25) is 0 Å². The van der Waals surface area contributed by atoms with Crippen molar-refractivity contribution >= 4 is 12.4 Å². The summed E-state index contributed by atoms with van der Waals surface area (Å²) >= 11 is 0. The zero-order valence-corrected chi connectivity index (χ0v) is 7.62. The minimum absolute atomic E-state index is 0. The molecule has 1 unspecified atom stereocenters. The molecule has 0 saturated heterocycles. The maximum absolute atomic E-state index is 5.35. The van der Waals surface area contributed by atoms with Crippen LogP contribution in [0.5, 0.6) is 0 Å². The van der Waals surface area contributed by atoms with Crippen molar-refractivity contribution in [2.24, 2.45) is 11.7 Å². The molecule has 2 N–H and O–H groups in total. The lowest BCUT2D eigenvalue weighted by molar-refractivity contribution is 0.114. The Balaban J connectivity index is 0. The molecule has 0 bridgehead atoms. The fraction of sp³-hybridized carbons (Fsp3) is 1.00. The second-order valence-corrected chi connectivity index (χ2v) is 2.34. The molecular formula is C7H18ClNO. The molecule has 0 aliphatic rings. The van der Waals surface area contributed by atoms with Crippen LogP contribution in [0.15, 0.2) is 0 Å². The molecule has 64 valence electrons. The van der Waals surface area contributed by atoms with Crippen LogP contribution in [0.1, 0.15) is 20.3 Å². The Kier molecular flexibility index (Phi) is 11.8. The molecular weight excluding hydrogens is 150 g/mol. The summed E-state index contributed by atoms with van der Waals surface area (Å²) in [6.45, 7) is 6.61. The molecule has 0 aromatic rings. The van der Waals surface area contributed by atoms with Crippen molar-refractivity contribution in [2.75, 3.05) is 19.8 Å². The van der Waals surface area contributed by atoms with Crippen molar-refractivity contribution in [2.45, 2.75) is 20.3 Å². The molecule has 0 aliphatic carbocycles. The molecule has 0 aromatic heterocycles. The van der Waals surface area contributed by atoms with Crippen LogP contribution in [0, 0.1) is 5.92 Å². The second-order valence-electron chi connectivity index (χ2n) is 2.34. The van der Waals surface area contributed by atoms with Gasteiger partial charge in [-0.05, 0) is 25.8 Å². The first-order valence-corrected chi connectivity index (χ1v) is 3.59. The molecule has 0 amide bonds. The lowest BCUT2D eigenvalue weighted by Crippen LogP contribution is -2.11. The summed E-state index contributed by atoms with van der Waals surface area (Å²) in [6.07, 6.45) is 1.07. The van der Waals surface area contributed by atoms with Gasteiger partial charge in [-0.25, -0.2) is 0 Å². The molecule has 0 heterocycles. The highest BCUT2D eigenvalue weighted by atomic mass is 35.5. The third kappa shape index (κ3) is 8.21. The number of rotatable bonds is 5. The van der Waals surface area contributed by atoms with Gasteiger partial charge in [-0.15, -0.1) is 12.4 Å². The van der Waals surface area contributed by atoms with Gasteiger partial charge in [-0.1, -0.05) is 6.92 Å². The fourth-order valence-corrected chi connectivity index (χ4v) is 0.687. The first-order chi connectivity index (χ1) is 4.31.